The van der Waals surface area contributed by atoms with Gasteiger partial charge in [-0.05, 0) is 13.8 Å². The summed E-state index contributed by atoms with van der Waals surface area (Å²) < 4.78 is 5.02. The zero-order valence-electron chi connectivity index (χ0n) is 8.71. The van der Waals surface area contributed by atoms with Gasteiger partial charge in [-0.2, -0.15) is 0 Å². The molecule has 5 nitrogen and oxygen atoms in total. The molecule has 0 unspecified atom stereocenters. The molecule has 78 valence electrons. The third kappa shape index (κ3) is 2.31. The average molecular weight is 205 g/mol. The van der Waals surface area contributed by atoms with Crippen molar-refractivity contribution in [3.8, 4) is 5.69 Å². The lowest BCUT2D eigenvalue weighted by Gasteiger charge is -1.99. The minimum absolute atomic E-state index is 0.273. The number of para-hydroxylation sites is 1. The first kappa shape index (κ1) is 9.64. The van der Waals surface area contributed by atoms with Gasteiger partial charge >= 0.3 is 6.01 Å². The molecule has 0 saturated carbocycles. The van der Waals surface area contributed by atoms with Crippen molar-refractivity contribution in [2.75, 3.05) is 5.32 Å². The molecule has 0 saturated heterocycles. The quantitative estimate of drug-likeness (QED) is 0.764. The van der Waals surface area contributed by atoms with Crippen molar-refractivity contribution in [3.63, 3.8) is 0 Å². The first-order valence-electron chi connectivity index (χ1n) is 4.84. The average Bonchev–Trinajstić information content (AvgIpc) is 2.67. The van der Waals surface area contributed by atoms with Crippen molar-refractivity contribution in [1.82, 2.24) is 10.4 Å². The van der Waals surface area contributed by atoms with Gasteiger partial charge in [0.25, 0.3) is 5.69 Å². The lowest BCUT2D eigenvalue weighted by atomic mass is 10.3. The number of anilines is 1. The Morgan fingerprint density at radius 3 is 2.67 bits per heavy atom. The molecule has 1 N–H and O–H groups in total. The monoisotopic (exact) mass is 205 g/mol. The molecule has 1 aromatic heterocycles. The van der Waals surface area contributed by atoms with Crippen LogP contribution in [0.15, 0.2) is 34.9 Å². The van der Waals surface area contributed by atoms with Crippen molar-refractivity contribution in [3.05, 3.63) is 30.3 Å². The minimum Gasteiger partial charge on any atom is -0.331 e. The van der Waals surface area contributed by atoms with Gasteiger partial charge < -0.3 is 5.32 Å². The molecule has 0 aliphatic heterocycles. The minimum atomic E-state index is 0.273. The van der Waals surface area contributed by atoms with Gasteiger partial charge in [-0.25, -0.2) is 0 Å². The number of rotatable bonds is 3. The summed E-state index contributed by atoms with van der Waals surface area (Å²) in [6, 6.07) is 10.3. The number of hydrogen-bond acceptors (Lipinski definition) is 4. The molecule has 15 heavy (non-hydrogen) atoms. The Labute approximate surface area is 87.7 Å². The van der Waals surface area contributed by atoms with Crippen LogP contribution in [-0.4, -0.2) is 16.4 Å². The van der Waals surface area contributed by atoms with Crippen LogP contribution in [0.4, 0.5) is 6.01 Å². The first-order valence-corrected chi connectivity index (χ1v) is 4.84. The van der Waals surface area contributed by atoms with Crippen molar-refractivity contribution >= 4 is 6.01 Å². The predicted octanol–water partition coefficient (Wildman–Crippen LogP) is 1.17. The van der Waals surface area contributed by atoms with Crippen LogP contribution in [0.2, 0.25) is 0 Å². The number of hydrogen-bond donors (Lipinski definition) is 1. The molecule has 0 amide bonds. The highest BCUT2D eigenvalue weighted by atomic mass is 16.5. The molecular weight excluding hydrogens is 192 g/mol. The molecule has 0 spiro atoms. The number of nitrogens with one attached hydrogen (secondary N) is 1. The summed E-state index contributed by atoms with van der Waals surface area (Å²) in [6.07, 6.45) is 0. The van der Waals surface area contributed by atoms with Crippen LogP contribution in [0.25, 0.3) is 5.69 Å². The molecule has 0 bridgehead atoms. The van der Waals surface area contributed by atoms with Gasteiger partial charge in [-0.3, -0.25) is 4.52 Å². The topological polar surface area (TPSA) is 54.8 Å². The van der Waals surface area contributed by atoms with Crippen LogP contribution in [-0.2, 0) is 0 Å². The fourth-order valence-corrected chi connectivity index (χ4v) is 1.17. The van der Waals surface area contributed by atoms with E-state index >= 15 is 0 Å². The second-order valence-corrected chi connectivity index (χ2v) is 3.50. The Kier molecular flexibility index (Phi) is 2.62. The van der Waals surface area contributed by atoms with Crippen LogP contribution in [0.1, 0.15) is 13.8 Å². The van der Waals surface area contributed by atoms with E-state index in [4.69, 9.17) is 4.52 Å². The maximum Gasteiger partial charge on any atom is 0.389 e. The van der Waals surface area contributed by atoms with E-state index in [1.807, 2.05) is 44.2 Å². The van der Waals surface area contributed by atoms with Crippen LogP contribution >= 0.6 is 0 Å². The van der Waals surface area contributed by atoms with Crippen molar-refractivity contribution in [2.45, 2.75) is 19.9 Å². The predicted molar refractivity (Wildman–Crippen MR) is 54.6 cm³/mol. The summed E-state index contributed by atoms with van der Waals surface area (Å²) in [5.74, 6) is 0. The normalized spacial score (nSPS) is 10.6. The molecular formula is C10H13N4O+. The maximum absolute atomic E-state index is 5.02. The third-order valence-corrected chi connectivity index (χ3v) is 1.79. The molecule has 2 aromatic rings. The second-order valence-electron chi connectivity index (χ2n) is 3.50. The first-order chi connectivity index (χ1) is 7.25. The van der Waals surface area contributed by atoms with E-state index < -0.39 is 0 Å². The van der Waals surface area contributed by atoms with E-state index in [1.54, 1.807) is 0 Å². The summed E-state index contributed by atoms with van der Waals surface area (Å²) in [4.78, 5) is 1.45. The summed E-state index contributed by atoms with van der Waals surface area (Å²) in [5.41, 5.74) is 0.873. The van der Waals surface area contributed by atoms with Crippen LogP contribution in [0, 0.1) is 0 Å². The number of aromatic nitrogens is 3. The molecule has 0 aliphatic rings. The smallest absolute Gasteiger partial charge is 0.331 e. The molecule has 0 atom stereocenters. The summed E-state index contributed by atoms with van der Waals surface area (Å²) >= 11 is 0. The van der Waals surface area contributed by atoms with Gasteiger partial charge in [0.05, 0.1) is 5.10 Å². The van der Waals surface area contributed by atoms with Crippen molar-refractivity contribution < 1.29 is 9.32 Å². The lowest BCUT2D eigenvalue weighted by molar-refractivity contribution is -0.724. The number of benzene rings is 1. The van der Waals surface area contributed by atoms with Crippen LogP contribution in [0.5, 0.6) is 0 Å². The Bertz CT molecular complexity index is 424. The number of nitrogens with zero attached hydrogens (tertiary/aromatic N) is 3. The largest absolute Gasteiger partial charge is 0.389 e. The highest BCUT2D eigenvalue weighted by Crippen LogP contribution is 2.01. The Morgan fingerprint density at radius 1 is 1.27 bits per heavy atom. The van der Waals surface area contributed by atoms with Gasteiger partial charge in [0.1, 0.15) is 4.80 Å². The van der Waals surface area contributed by atoms with Gasteiger partial charge in [0.2, 0.25) is 5.27 Å². The van der Waals surface area contributed by atoms with E-state index in [2.05, 4.69) is 15.7 Å². The molecule has 1 heterocycles. The zero-order chi connectivity index (χ0) is 10.7. The Balaban J connectivity index is 2.21. The van der Waals surface area contributed by atoms with E-state index in [9.17, 15) is 0 Å². The van der Waals surface area contributed by atoms with E-state index in [-0.39, 0.29) is 6.04 Å². The lowest BCUT2D eigenvalue weighted by Crippen LogP contribution is -2.35. The standard InChI is InChI=1S/C10H13N4O/c1-8(2)11-10-12-14(13-15-10)9-6-4-3-5-7-9/h3-8H,1-2H3,(H,11,12,13)/q+1. The zero-order valence-corrected chi connectivity index (χ0v) is 8.71. The molecule has 2 rings (SSSR count). The third-order valence-electron chi connectivity index (χ3n) is 1.79. The second kappa shape index (κ2) is 4.08. The van der Waals surface area contributed by atoms with Crippen LogP contribution in [0.3, 0.4) is 0 Å². The van der Waals surface area contributed by atoms with Gasteiger partial charge in [-0.1, -0.05) is 18.2 Å². The molecule has 0 radical (unpaired) electrons. The van der Waals surface area contributed by atoms with E-state index in [0.717, 1.165) is 5.69 Å². The van der Waals surface area contributed by atoms with Crippen molar-refractivity contribution in [1.29, 1.82) is 0 Å². The summed E-state index contributed by atoms with van der Waals surface area (Å²) in [5, 5.41) is 11.0. The van der Waals surface area contributed by atoms with Crippen LogP contribution < -0.4 is 10.1 Å². The van der Waals surface area contributed by atoms with E-state index in [0.29, 0.717) is 6.01 Å². The van der Waals surface area contributed by atoms with Gasteiger partial charge in [0, 0.05) is 18.2 Å². The highest BCUT2D eigenvalue weighted by Gasteiger charge is 2.16. The highest BCUT2D eigenvalue weighted by molar-refractivity contribution is 5.21. The molecule has 0 fully saturated rings. The van der Waals surface area contributed by atoms with Gasteiger partial charge in [0.15, 0.2) is 0 Å². The fourth-order valence-electron chi connectivity index (χ4n) is 1.17. The van der Waals surface area contributed by atoms with E-state index in [1.165, 1.54) is 4.80 Å². The SMILES string of the molecule is CC(C)Nc1n[n+](-c2ccccc2)no1. The van der Waals surface area contributed by atoms with Crippen molar-refractivity contribution in [2.24, 2.45) is 0 Å². The summed E-state index contributed by atoms with van der Waals surface area (Å²) in [6.45, 7) is 4.02. The molecule has 5 heteroatoms. The maximum atomic E-state index is 5.02. The van der Waals surface area contributed by atoms with Gasteiger partial charge in [-0.15, -0.1) is 0 Å². The fraction of sp³-hybridized carbons (Fsp3) is 0.300. The Hall–Kier alpha value is -1.91. The molecule has 1 aromatic carbocycles. The Morgan fingerprint density at radius 2 is 2.00 bits per heavy atom. The summed E-state index contributed by atoms with van der Waals surface area (Å²) in [7, 11) is 0. The molecule has 0 aliphatic carbocycles.